The van der Waals surface area contributed by atoms with Gasteiger partial charge in [-0.15, -0.1) is 6.58 Å². The third-order valence-electron chi connectivity index (χ3n) is 2.67. The third kappa shape index (κ3) is 4.68. The molecule has 0 aromatic rings. The van der Waals surface area contributed by atoms with Crippen LogP contribution in [0.4, 0.5) is 0 Å². The summed E-state index contributed by atoms with van der Waals surface area (Å²) in [5, 5.41) is 2.69. The highest BCUT2D eigenvalue weighted by Crippen LogP contribution is 2.09. The van der Waals surface area contributed by atoms with E-state index in [1.165, 1.54) is 4.31 Å². The molecule has 1 N–H and O–H groups in total. The van der Waals surface area contributed by atoms with Crippen LogP contribution in [0.1, 0.15) is 0 Å². The van der Waals surface area contributed by atoms with Crippen LogP contribution in [-0.4, -0.2) is 67.5 Å². The first-order chi connectivity index (χ1) is 8.49. The van der Waals surface area contributed by atoms with Gasteiger partial charge >= 0.3 is 0 Å². The van der Waals surface area contributed by atoms with Gasteiger partial charge in [0.25, 0.3) is 0 Å². The molecule has 1 aliphatic heterocycles. The Morgan fingerprint density at radius 3 is 2.44 bits per heavy atom. The number of piperazine rings is 1. The number of carbonyl (C=O) groups excluding carboxylic acids is 1. The minimum absolute atomic E-state index is 0.0557. The summed E-state index contributed by atoms with van der Waals surface area (Å²) in [6.07, 6.45) is 1.62. The van der Waals surface area contributed by atoms with Gasteiger partial charge in [-0.25, -0.2) is 8.42 Å². The maximum absolute atomic E-state index is 11.6. The first-order valence-corrected chi connectivity index (χ1v) is 8.36. The molecule has 18 heavy (non-hydrogen) atoms. The van der Waals surface area contributed by atoms with E-state index >= 15 is 0 Å². The average Bonchev–Trinajstić information content (AvgIpc) is 2.37. The molecule has 1 saturated heterocycles. The lowest BCUT2D eigenvalue weighted by atomic mass is 10.3. The normalized spacial score (nSPS) is 18.5. The quantitative estimate of drug-likeness (QED) is 0.527. The highest BCUT2D eigenvalue weighted by Gasteiger charge is 2.26. The van der Waals surface area contributed by atoms with Gasteiger partial charge in [0.2, 0.25) is 15.9 Å². The van der Waals surface area contributed by atoms with Crippen molar-refractivity contribution in [3.05, 3.63) is 12.7 Å². The second-order valence-electron chi connectivity index (χ2n) is 3.99. The van der Waals surface area contributed by atoms with Gasteiger partial charge < -0.3 is 5.32 Å². The zero-order chi connectivity index (χ0) is 13.6. The molecule has 0 bridgehead atoms. The summed E-state index contributed by atoms with van der Waals surface area (Å²) in [6, 6.07) is 0. The lowest BCUT2D eigenvalue weighted by Gasteiger charge is -2.33. The molecule has 0 spiro atoms. The largest absolute Gasteiger partial charge is 0.352 e. The monoisotopic (exact) mass is 339 g/mol. The molecular weight excluding hydrogens is 322 g/mol. The average molecular weight is 340 g/mol. The van der Waals surface area contributed by atoms with Crippen molar-refractivity contribution in [2.24, 2.45) is 0 Å². The molecule has 0 aromatic carbocycles. The topological polar surface area (TPSA) is 69.7 Å². The Morgan fingerprint density at radius 2 is 1.94 bits per heavy atom. The maximum atomic E-state index is 11.6. The number of alkyl halides is 1. The Bertz CT molecular complexity index is 391. The first kappa shape index (κ1) is 15.6. The Hall–Kier alpha value is -0.440. The Labute approximate surface area is 116 Å². The number of hydrogen-bond acceptors (Lipinski definition) is 4. The number of hydrogen-bond donors (Lipinski definition) is 1. The van der Waals surface area contributed by atoms with Gasteiger partial charge in [-0.2, -0.15) is 4.31 Å². The number of halogens is 1. The summed E-state index contributed by atoms with van der Waals surface area (Å²) in [6.45, 7) is 6.30. The van der Waals surface area contributed by atoms with Crippen LogP contribution in [0.3, 0.4) is 0 Å². The molecule has 1 amide bonds. The summed E-state index contributed by atoms with van der Waals surface area (Å²) < 4.78 is 24.6. The third-order valence-corrected chi connectivity index (χ3v) is 5.84. The van der Waals surface area contributed by atoms with E-state index in [0.717, 1.165) is 0 Å². The number of nitrogens with zero attached hydrogens (tertiary/aromatic N) is 2. The molecule has 0 aromatic heterocycles. The number of nitrogens with one attached hydrogen (secondary N) is 1. The molecule has 104 valence electrons. The number of carbonyl (C=O) groups is 1. The summed E-state index contributed by atoms with van der Waals surface area (Å²) in [5.74, 6) is -0.0632. The number of rotatable bonds is 6. The van der Waals surface area contributed by atoms with Crippen molar-refractivity contribution in [3.8, 4) is 0 Å². The number of amides is 1. The fourth-order valence-corrected chi connectivity index (χ4v) is 3.41. The second kappa shape index (κ2) is 7.22. The van der Waals surface area contributed by atoms with Crippen molar-refractivity contribution in [2.45, 2.75) is 0 Å². The van der Waals surface area contributed by atoms with Crippen molar-refractivity contribution in [1.82, 2.24) is 14.5 Å². The first-order valence-electron chi connectivity index (χ1n) is 5.63. The van der Waals surface area contributed by atoms with Gasteiger partial charge in [-0.05, 0) is 0 Å². The second-order valence-corrected chi connectivity index (χ2v) is 7.26. The number of sulfonamides is 1. The van der Waals surface area contributed by atoms with E-state index in [0.29, 0.717) is 39.3 Å². The highest BCUT2D eigenvalue weighted by atomic mass is 79.9. The summed E-state index contributed by atoms with van der Waals surface area (Å²) in [7, 11) is -3.18. The predicted octanol–water partition coefficient (Wildman–Crippen LogP) is -0.412. The van der Waals surface area contributed by atoms with Gasteiger partial charge in [0, 0.05) is 32.7 Å². The van der Waals surface area contributed by atoms with Crippen LogP contribution < -0.4 is 5.32 Å². The minimum Gasteiger partial charge on any atom is -0.352 e. The van der Waals surface area contributed by atoms with E-state index in [-0.39, 0.29) is 10.6 Å². The van der Waals surface area contributed by atoms with Gasteiger partial charge in [0.1, 0.15) is 4.66 Å². The predicted molar refractivity (Wildman–Crippen MR) is 73.9 cm³/mol. The van der Waals surface area contributed by atoms with Gasteiger partial charge in [0.15, 0.2) is 0 Å². The zero-order valence-electron chi connectivity index (χ0n) is 10.1. The Kier molecular flexibility index (Phi) is 6.27. The van der Waals surface area contributed by atoms with Crippen molar-refractivity contribution >= 4 is 31.9 Å². The van der Waals surface area contributed by atoms with Crippen LogP contribution in [0.5, 0.6) is 0 Å². The van der Waals surface area contributed by atoms with Crippen molar-refractivity contribution in [2.75, 3.05) is 43.9 Å². The molecule has 1 aliphatic rings. The fraction of sp³-hybridized carbons (Fsp3) is 0.700. The maximum Gasteiger partial charge on any atom is 0.234 e. The van der Waals surface area contributed by atoms with Crippen LogP contribution in [-0.2, 0) is 14.8 Å². The van der Waals surface area contributed by atoms with Crippen LogP contribution in [0.25, 0.3) is 0 Å². The standard InChI is InChI=1S/C10H18BrN3O3S/c1-2-3-12-10(15)8-13-4-6-14(7-5-13)18(16,17)9-11/h2H,1,3-9H2,(H,12,15). The van der Waals surface area contributed by atoms with Gasteiger partial charge in [-0.1, -0.05) is 22.0 Å². The lowest BCUT2D eigenvalue weighted by molar-refractivity contribution is -0.122. The van der Waals surface area contributed by atoms with E-state index in [4.69, 9.17) is 0 Å². The van der Waals surface area contributed by atoms with Crippen LogP contribution in [0, 0.1) is 0 Å². The summed E-state index contributed by atoms with van der Waals surface area (Å²) >= 11 is 2.97. The SMILES string of the molecule is C=CCNC(=O)CN1CCN(S(=O)(=O)CBr)CC1. The fourth-order valence-electron chi connectivity index (χ4n) is 1.68. The Balaban J connectivity index is 2.36. The molecule has 1 rings (SSSR count). The van der Waals surface area contributed by atoms with E-state index in [1.54, 1.807) is 6.08 Å². The molecule has 1 heterocycles. The van der Waals surface area contributed by atoms with Crippen molar-refractivity contribution in [1.29, 1.82) is 0 Å². The molecule has 1 fully saturated rings. The molecule has 0 radical (unpaired) electrons. The van der Waals surface area contributed by atoms with Crippen LogP contribution >= 0.6 is 15.9 Å². The lowest BCUT2D eigenvalue weighted by Crippen LogP contribution is -2.51. The molecule has 0 unspecified atom stereocenters. The summed E-state index contributed by atoms with van der Waals surface area (Å²) in [4.78, 5) is 13.4. The summed E-state index contributed by atoms with van der Waals surface area (Å²) in [5.41, 5.74) is 0. The zero-order valence-corrected chi connectivity index (χ0v) is 12.5. The Morgan fingerprint density at radius 1 is 1.33 bits per heavy atom. The van der Waals surface area contributed by atoms with Gasteiger partial charge in [0.05, 0.1) is 6.54 Å². The molecular formula is C10H18BrN3O3S. The smallest absolute Gasteiger partial charge is 0.234 e. The molecule has 8 heteroatoms. The molecule has 0 atom stereocenters. The van der Waals surface area contributed by atoms with Crippen molar-refractivity contribution in [3.63, 3.8) is 0 Å². The van der Waals surface area contributed by atoms with E-state index in [9.17, 15) is 13.2 Å². The molecule has 6 nitrogen and oxygen atoms in total. The minimum atomic E-state index is -3.18. The van der Waals surface area contributed by atoms with Crippen molar-refractivity contribution < 1.29 is 13.2 Å². The molecule has 0 saturated carbocycles. The molecule has 0 aliphatic carbocycles. The van der Waals surface area contributed by atoms with Gasteiger partial charge in [-0.3, -0.25) is 9.69 Å². The van der Waals surface area contributed by atoms with E-state index < -0.39 is 10.0 Å². The van der Waals surface area contributed by atoms with Crippen LogP contribution in [0.15, 0.2) is 12.7 Å². The van der Waals surface area contributed by atoms with E-state index in [1.807, 2.05) is 4.90 Å². The van der Waals surface area contributed by atoms with Crippen LogP contribution in [0.2, 0.25) is 0 Å². The van der Waals surface area contributed by atoms with E-state index in [2.05, 4.69) is 27.8 Å². The highest BCUT2D eigenvalue weighted by molar-refractivity contribution is 9.10.